The lowest BCUT2D eigenvalue weighted by Crippen LogP contribution is -2.43. The minimum absolute atomic E-state index is 0.194. The van der Waals surface area contributed by atoms with Crippen LogP contribution in [0.15, 0.2) is 0 Å². The normalized spacial score (nSPS) is 13.6. The maximum absolute atomic E-state index is 11.7. The van der Waals surface area contributed by atoms with Crippen molar-refractivity contribution < 1.29 is 24.6 Å². The molecule has 0 rings (SSSR count). The first kappa shape index (κ1) is 41.9. The molecular weight excluding hydrogens is 687 g/mol. The van der Waals surface area contributed by atoms with E-state index in [2.05, 4.69) is 14.2 Å². The molecule has 0 aliphatic carbocycles. The summed E-state index contributed by atoms with van der Waals surface area (Å²) in [4.78, 5) is 33.0. The Labute approximate surface area is 277 Å². The van der Waals surface area contributed by atoms with Gasteiger partial charge in [-0.3, -0.25) is 14.9 Å². The molecule has 42 heavy (non-hydrogen) atoms. The fraction of sp³-hybridized carbons (Fsp3) is 0.900. The zero-order valence-electron chi connectivity index (χ0n) is 25.7. The van der Waals surface area contributed by atoms with Gasteiger partial charge >= 0.3 is 5.97 Å². The number of carboxylic acid groups (broad SMARTS) is 1. The molecule has 0 aromatic carbocycles. The highest BCUT2D eigenvalue weighted by atomic mass is 127. The van der Waals surface area contributed by atoms with Crippen LogP contribution in [0, 0.1) is 0 Å². The van der Waals surface area contributed by atoms with Crippen molar-refractivity contribution in [2.75, 3.05) is 24.6 Å². The number of primary amides is 1. The highest BCUT2D eigenvalue weighted by molar-refractivity contribution is 14.1. The predicted octanol–water partition coefficient (Wildman–Crippen LogP) is 6.11. The Bertz CT molecular complexity index is 655. The summed E-state index contributed by atoms with van der Waals surface area (Å²) in [6.45, 7) is 1.45. The Morgan fingerprint density at radius 3 is 1.62 bits per heavy atom. The minimum atomic E-state index is -0.676. The molecule has 7 N–H and O–H groups in total. The van der Waals surface area contributed by atoms with E-state index in [0.717, 1.165) is 51.4 Å². The topological polar surface area (TPSA) is 154 Å². The number of nitrogens with two attached hydrogens (primary N) is 1. The smallest absolute Gasteiger partial charge is 0.303 e. The van der Waals surface area contributed by atoms with E-state index in [0.29, 0.717) is 24.5 Å². The van der Waals surface area contributed by atoms with Gasteiger partial charge in [-0.1, -0.05) is 111 Å². The summed E-state index contributed by atoms with van der Waals surface area (Å²) in [6.07, 6.45) is 23.0. The Kier molecular flexibility index (Phi) is 32.2. The Morgan fingerprint density at radius 1 is 0.714 bits per heavy atom. The van der Waals surface area contributed by atoms with Crippen molar-refractivity contribution >= 4 is 62.6 Å². The van der Waals surface area contributed by atoms with Gasteiger partial charge in [0.25, 0.3) is 0 Å². The van der Waals surface area contributed by atoms with Crippen LogP contribution in [0.3, 0.4) is 0 Å². The van der Waals surface area contributed by atoms with Crippen LogP contribution in [0.5, 0.6) is 0 Å². The van der Waals surface area contributed by atoms with Gasteiger partial charge < -0.3 is 26.1 Å². The number of carbonyl (C=O) groups excluding carboxylic acids is 2. The van der Waals surface area contributed by atoms with Gasteiger partial charge in [0, 0.05) is 40.8 Å². The van der Waals surface area contributed by atoms with E-state index in [1.807, 2.05) is 22.9 Å². The number of aliphatic carboxylic acids is 1. The molecule has 248 valence electrons. The van der Waals surface area contributed by atoms with Crippen LogP contribution < -0.4 is 19.9 Å². The maximum atomic E-state index is 11.7. The van der Waals surface area contributed by atoms with Crippen LogP contribution in [0.4, 0.5) is 0 Å². The standard InChI is InChI=1S/C30H59IN4O5S2/c31-35-26(23-36)24-41-42-25-27(30(32)40)33-21-17-18-22-34-28(37)19-15-13-11-9-7-5-3-1-2-4-6-8-10-12-14-16-20-29(38)39/h23,26-28,33-35,37H,1-22,24-25H2,(H2,32,40)(H,38,39). The SMILES string of the molecule is NC(=O)C(CSSCC(C=O)NI)NCCCCNC(O)CCCCCCCCCCCCCCCCCCC(=O)O. The van der Waals surface area contributed by atoms with Crippen LogP contribution >= 0.6 is 44.5 Å². The quantitative estimate of drug-likeness (QED) is 0.0114. The first-order valence-electron chi connectivity index (χ1n) is 16.1. The van der Waals surface area contributed by atoms with Crippen LogP contribution in [-0.4, -0.2) is 71.3 Å². The highest BCUT2D eigenvalue weighted by Gasteiger charge is 2.15. The molecule has 0 saturated heterocycles. The summed E-state index contributed by atoms with van der Waals surface area (Å²) < 4.78 is 2.89. The van der Waals surface area contributed by atoms with Crippen molar-refractivity contribution in [3.8, 4) is 0 Å². The molecule has 0 aliphatic heterocycles. The van der Waals surface area contributed by atoms with E-state index in [1.165, 1.54) is 94.3 Å². The number of aliphatic hydroxyl groups is 1. The van der Waals surface area contributed by atoms with Crippen LogP contribution in [0.25, 0.3) is 0 Å². The zero-order chi connectivity index (χ0) is 31.1. The second-order valence-corrected chi connectivity index (χ2v) is 14.3. The van der Waals surface area contributed by atoms with Gasteiger partial charge in [-0.05, 0) is 45.2 Å². The number of aldehydes is 1. The van der Waals surface area contributed by atoms with Gasteiger partial charge in [0.2, 0.25) is 5.91 Å². The first-order chi connectivity index (χ1) is 20.4. The number of carboxylic acids is 1. The molecule has 12 heteroatoms. The third-order valence-electron chi connectivity index (χ3n) is 7.21. The Hall–Kier alpha value is -0.120. The largest absolute Gasteiger partial charge is 0.481 e. The molecule has 0 spiro atoms. The van der Waals surface area contributed by atoms with E-state index < -0.39 is 12.2 Å². The first-order valence-corrected chi connectivity index (χ1v) is 19.7. The number of unbranched alkanes of at least 4 members (excludes halogenated alkanes) is 16. The van der Waals surface area contributed by atoms with E-state index in [4.69, 9.17) is 10.8 Å². The van der Waals surface area contributed by atoms with Crippen molar-refractivity contribution in [3.63, 3.8) is 0 Å². The van der Waals surface area contributed by atoms with Gasteiger partial charge in [0.15, 0.2) is 0 Å². The molecule has 0 aromatic rings. The van der Waals surface area contributed by atoms with Crippen molar-refractivity contribution in [2.24, 2.45) is 5.73 Å². The lowest BCUT2D eigenvalue weighted by atomic mass is 10.0. The summed E-state index contributed by atoms with van der Waals surface area (Å²) in [5.74, 6) is 0.161. The summed E-state index contributed by atoms with van der Waals surface area (Å²) in [7, 11) is 3.09. The van der Waals surface area contributed by atoms with Gasteiger partial charge in [-0.15, -0.1) is 0 Å². The Balaban J connectivity index is 3.43. The molecular formula is C30H59IN4O5S2. The average Bonchev–Trinajstić information content (AvgIpc) is 2.96. The van der Waals surface area contributed by atoms with Gasteiger partial charge in [-0.25, -0.2) is 3.53 Å². The molecule has 0 aromatic heterocycles. The lowest BCUT2D eigenvalue weighted by Gasteiger charge is -2.16. The van der Waals surface area contributed by atoms with E-state index >= 15 is 0 Å². The van der Waals surface area contributed by atoms with Crippen molar-refractivity contribution in [1.82, 2.24) is 14.2 Å². The third-order valence-corrected chi connectivity index (χ3v) is 10.5. The van der Waals surface area contributed by atoms with Gasteiger partial charge in [0.05, 0.1) is 12.1 Å². The van der Waals surface area contributed by atoms with Gasteiger partial charge in [-0.2, -0.15) is 0 Å². The molecule has 3 atom stereocenters. The summed E-state index contributed by atoms with van der Waals surface area (Å²) in [5.41, 5.74) is 5.50. The molecule has 0 aliphatic rings. The van der Waals surface area contributed by atoms with E-state index in [9.17, 15) is 19.5 Å². The number of hydrogen-bond acceptors (Lipinski definition) is 9. The van der Waals surface area contributed by atoms with Crippen molar-refractivity contribution in [1.29, 1.82) is 0 Å². The zero-order valence-corrected chi connectivity index (χ0v) is 29.5. The second-order valence-electron chi connectivity index (χ2n) is 11.1. The van der Waals surface area contributed by atoms with Crippen molar-refractivity contribution in [3.05, 3.63) is 0 Å². The summed E-state index contributed by atoms with van der Waals surface area (Å²) >= 11 is 1.96. The molecule has 3 unspecified atom stereocenters. The number of hydrogen-bond donors (Lipinski definition) is 6. The van der Waals surface area contributed by atoms with Crippen LogP contribution in [-0.2, 0) is 14.4 Å². The molecule has 0 saturated carbocycles. The number of rotatable bonds is 34. The molecule has 0 radical (unpaired) electrons. The minimum Gasteiger partial charge on any atom is -0.481 e. The van der Waals surface area contributed by atoms with Crippen LogP contribution in [0.2, 0.25) is 0 Å². The number of carbonyl (C=O) groups is 3. The number of halogens is 1. The fourth-order valence-electron chi connectivity index (χ4n) is 4.56. The number of nitrogens with one attached hydrogen (secondary N) is 3. The van der Waals surface area contributed by atoms with Crippen molar-refractivity contribution in [2.45, 2.75) is 147 Å². The maximum Gasteiger partial charge on any atom is 0.303 e. The number of aliphatic hydroxyl groups excluding tert-OH is 1. The summed E-state index contributed by atoms with van der Waals surface area (Å²) in [6, 6.07) is -0.584. The number of amides is 1. The Morgan fingerprint density at radius 2 is 1.17 bits per heavy atom. The second kappa shape index (κ2) is 32.3. The summed E-state index contributed by atoms with van der Waals surface area (Å²) in [5, 5.41) is 25.2. The predicted molar refractivity (Wildman–Crippen MR) is 187 cm³/mol. The lowest BCUT2D eigenvalue weighted by molar-refractivity contribution is -0.137. The third kappa shape index (κ3) is 29.9. The van der Waals surface area contributed by atoms with E-state index in [1.54, 1.807) is 10.8 Å². The monoisotopic (exact) mass is 746 g/mol. The molecule has 0 fully saturated rings. The highest BCUT2D eigenvalue weighted by Crippen LogP contribution is 2.23. The van der Waals surface area contributed by atoms with E-state index in [-0.39, 0.29) is 18.0 Å². The van der Waals surface area contributed by atoms with Gasteiger partial charge in [0.1, 0.15) is 12.5 Å². The molecule has 0 heterocycles. The fourth-order valence-corrected chi connectivity index (χ4v) is 7.57. The van der Waals surface area contributed by atoms with Crippen LogP contribution in [0.1, 0.15) is 128 Å². The average molecular weight is 747 g/mol. The molecule has 1 amide bonds. The molecule has 9 nitrogen and oxygen atoms in total. The molecule has 0 bridgehead atoms.